The van der Waals surface area contributed by atoms with Crippen molar-refractivity contribution in [2.24, 2.45) is 0 Å². The molecule has 5 nitrogen and oxygen atoms in total. The van der Waals surface area contributed by atoms with Crippen LogP contribution >= 0.6 is 0 Å². The molecule has 0 aliphatic heterocycles. The number of aromatic nitrogens is 2. The molecule has 1 aromatic heterocycles. The van der Waals surface area contributed by atoms with Gasteiger partial charge in [-0.05, 0) is 20.0 Å². The van der Waals surface area contributed by atoms with Gasteiger partial charge in [-0.25, -0.2) is 4.98 Å². The first kappa shape index (κ1) is 13.7. The lowest BCUT2D eigenvalue weighted by Gasteiger charge is -2.18. The van der Waals surface area contributed by atoms with Crippen LogP contribution in [0.15, 0.2) is 6.07 Å². The van der Waals surface area contributed by atoms with Gasteiger partial charge in [0.2, 0.25) is 5.88 Å². The number of aryl methyl sites for hydroxylation is 1. The van der Waals surface area contributed by atoms with E-state index in [0.29, 0.717) is 5.88 Å². The SMILES string of the molecule is CCN(CC)CCNc1cc(OC)nc(C)n1. The van der Waals surface area contributed by atoms with Crippen LogP contribution in [0.2, 0.25) is 0 Å². The van der Waals surface area contributed by atoms with Crippen LogP contribution in [0, 0.1) is 6.92 Å². The highest BCUT2D eigenvalue weighted by molar-refractivity contribution is 5.38. The second-order valence-corrected chi connectivity index (χ2v) is 3.80. The molecule has 0 aliphatic rings. The minimum Gasteiger partial charge on any atom is -0.481 e. The van der Waals surface area contributed by atoms with Gasteiger partial charge in [-0.1, -0.05) is 13.8 Å². The quantitative estimate of drug-likeness (QED) is 0.781. The number of nitrogens with one attached hydrogen (secondary N) is 1. The van der Waals surface area contributed by atoms with E-state index in [2.05, 4.69) is 34.0 Å². The molecule has 17 heavy (non-hydrogen) atoms. The molecule has 0 radical (unpaired) electrons. The van der Waals surface area contributed by atoms with Crippen molar-refractivity contribution in [3.05, 3.63) is 11.9 Å². The first-order chi connectivity index (χ1) is 8.19. The third-order valence-electron chi connectivity index (χ3n) is 2.65. The van der Waals surface area contributed by atoms with Crippen molar-refractivity contribution < 1.29 is 4.74 Å². The zero-order valence-electron chi connectivity index (χ0n) is 11.2. The molecule has 0 saturated carbocycles. The van der Waals surface area contributed by atoms with Crippen LogP contribution in [-0.4, -0.2) is 48.2 Å². The van der Waals surface area contributed by atoms with Gasteiger partial charge in [-0.3, -0.25) is 0 Å². The Bertz CT molecular complexity index is 339. The van der Waals surface area contributed by atoms with Crippen LogP contribution in [-0.2, 0) is 0 Å². The van der Waals surface area contributed by atoms with Crippen LogP contribution in [0.5, 0.6) is 5.88 Å². The fourth-order valence-corrected chi connectivity index (χ4v) is 1.62. The van der Waals surface area contributed by atoms with E-state index in [1.165, 1.54) is 0 Å². The average molecular weight is 238 g/mol. The molecule has 1 heterocycles. The number of likely N-dealkylation sites (N-methyl/N-ethyl adjacent to an activating group) is 1. The Morgan fingerprint density at radius 3 is 2.59 bits per heavy atom. The Morgan fingerprint density at radius 2 is 2.00 bits per heavy atom. The van der Waals surface area contributed by atoms with E-state index < -0.39 is 0 Å². The van der Waals surface area contributed by atoms with E-state index in [1.807, 2.05) is 13.0 Å². The molecule has 1 aromatic rings. The molecule has 0 aromatic carbocycles. The van der Waals surface area contributed by atoms with Crippen LogP contribution in [0.3, 0.4) is 0 Å². The third kappa shape index (κ3) is 4.56. The summed E-state index contributed by atoms with van der Waals surface area (Å²) >= 11 is 0. The molecule has 5 heteroatoms. The fourth-order valence-electron chi connectivity index (χ4n) is 1.62. The number of hydrogen-bond donors (Lipinski definition) is 1. The third-order valence-corrected chi connectivity index (χ3v) is 2.65. The lowest BCUT2D eigenvalue weighted by molar-refractivity contribution is 0.316. The molecule has 96 valence electrons. The summed E-state index contributed by atoms with van der Waals surface area (Å²) in [7, 11) is 1.61. The number of ether oxygens (including phenoxy) is 1. The summed E-state index contributed by atoms with van der Waals surface area (Å²) in [6.45, 7) is 10.2. The van der Waals surface area contributed by atoms with Crippen molar-refractivity contribution in [3.63, 3.8) is 0 Å². The summed E-state index contributed by atoms with van der Waals surface area (Å²) in [5.74, 6) is 2.14. The Morgan fingerprint density at radius 1 is 1.29 bits per heavy atom. The predicted octanol–water partition coefficient (Wildman–Crippen LogP) is 1.55. The van der Waals surface area contributed by atoms with Crippen LogP contribution in [0.4, 0.5) is 5.82 Å². The van der Waals surface area contributed by atoms with Gasteiger partial charge in [-0.15, -0.1) is 0 Å². The van der Waals surface area contributed by atoms with Gasteiger partial charge in [0.25, 0.3) is 0 Å². The molecule has 0 amide bonds. The molecule has 0 bridgehead atoms. The maximum Gasteiger partial charge on any atom is 0.218 e. The first-order valence-electron chi connectivity index (χ1n) is 6.05. The topological polar surface area (TPSA) is 50.3 Å². The standard InChI is InChI=1S/C12H22N4O/c1-5-16(6-2)8-7-13-11-9-12(17-4)15-10(3)14-11/h9H,5-8H2,1-4H3,(H,13,14,15). The Kier molecular flexibility index (Phi) is 5.69. The molecule has 1 rings (SSSR count). The zero-order chi connectivity index (χ0) is 12.7. The average Bonchev–Trinajstić information content (AvgIpc) is 2.34. The summed E-state index contributed by atoms with van der Waals surface area (Å²) in [6.07, 6.45) is 0. The van der Waals surface area contributed by atoms with Gasteiger partial charge in [0.1, 0.15) is 11.6 Å². The minimum absolute atomic E-state index is 0.600. The Balaban J connectivity index is 2.48. The highest BCUT2D eigenvalue weighted by Gasteiger charge is 2.02. The minimum atomic E-state index is 0.600. The van der Waals surface area contributed by atoms with Gasteiger partial charge < -0.3 is 15.0 Å². The first-order valence-corrected chi connectivity index (χ1v) is 6.05. The van der Waals surface area contributed by atoms with E-state index >= 15 is 0 Å². The van der Waals surface area contributed by atoms with Gasteiger partial charge in [0, 0.05) is 19.2 Å². The molecule has 1 N–H and O–H groups in total. The lowest BCUT2D eigenvalue weighted by Crippen LogP contribution is -2.28. The number of nitrogens with zero attached hydrogens (tertiary/aromatic N) is 3. The summed E-state index contributed by atoms with van der Waals surface area (Å²) in [5, 5.41) is 3.29. The van der Waals surface area contributed by atoms with E-state index in [0.717, 1.165) is 37.8 Å². The lowest BCUT2D eigenvalue weighted by atomic mass is 10.4. The van der Waals surface area contributed by atoms with Gasteiger partial charge in [0.05, 0.1) is 7.11 Å². The van der Waals surface area contributed by atoms with Gasteiger partial charge >= 0.3 is 0 Å². The van der Waals surface area contributed by atoms with Crippen LogP contribution in [0.1, 0.15) is 19.7 Å². The highest BCUT2D eigenvalue weighted by atomic mass is 16.5. The largest absolute Gasteiger partial charge is 0.481 e. The molecule has 0 spiro atoms. The number of rotatable bonds is 7. The van der Waals surface area contributed by atoms with E-state index in [4.69, 9.17) is 4.74 Å². The Hall–Kier alpha value is -1.36. The molecule has 0 atom stereocenters. The number of hydrogen-bond acceptors (Lipinski definition) is 5. The van der Waals surface area contributed by atoms with Crippen molar-refractivity contribution in [1.29, 1.82) is 0 Å². The fraction of sp³-hybridized carbons (Fsp3) is 0.667. The van der Waals surface area contributed by atoms with E-state index in [1.54, 1.807) is 7.11 Å². The van der Waals surface area contributed by atoms with E-state index in [-0.39, 0.29) is 0 Å². The van der Waals surface area contributed by atoms with Crippen LogP contribution in [0.25, 0.3) is 0 Å². The molecular formula is C12H22N4O. The molecule has 0 aliphatic carbocycles. The van der Waals surface area contributed by atoms with Crippen molar-refractivity contribution >= 4 is 5.82 Å². The molecule has 0 fully saturated rings. The zero-order valence-corrected chi connectivity index (χ0v) is 11.2. The summed E-state index contributed by atoms with van der Waals surface area (Å²) < 4.78 is 5.10. The van der Waals surface area contributed by atoms with Gasteiger partial charge in [0.15, 0.2) is 0 Å². The normalized spacial score (nSPS) is 10.6. The summed E-state index contributed by atoms with van der Waals surface area (Å²) in [4.78, 5) is 10.8. The van der Waals surface area contributed by atoms with Crippen LogP contribution < -0.4 is 10.1 Å². The highest BCUT2D eigenvalue weighted by Crippen LogP contribution is 2.12. The monoisotopic (exact) mass is 238 g/mol. The second-order valence-electron chi connectivity index (χ2n) is 3.80. The van der Waals surface area contributed by atoms with Crippen molar-refractivity contribution in [2.45, 2.75) is 20.8 Å². The van der Waals surface area contributed by atoms with Crippen molar-refractivity contribution in [3.8, 4) is 5.88 Å². The number of methoxy groups -OCH3 is 1. The number of anilines is 1. The summed E-state index contributed by atoms with van der Waals surface area (Å²) in [5.41, 5.74) is 0. The smallest absolute Gasteiger partial charge is 0.218 e. The maximum atomic E-state index is 5.10. The maximum absolute atomic E-state index is 5.10. The van der Waals surface area contributed by atoms with Crippen molar-refractivity contribution in [2.75, 3.05) is 38.6 Å². The Labute approximate surface area is 103 Å². The predicted molar refractivity (Wildman–Crippen MR) is 69.6 cm³/mol. The summed E-state index contributed by atoms with van der Waals surface area (Å²) in [6, 6.07) is 1.81. The molecule has 0 unspecified atom stereocenters. The molecule has 0 saturated heterocycles. The molecular weight excluding hydrogens is 216 g/mol. The second kappa shape index (κ2) is 7.06. The van der Waals surface area contributed by atoms with Gasteiger partial charge in [-0.2, -0.15) is 4.98 Å². The van der Waals surface area contributed by atoms with E-state index in [9.17, 15) is 0 Å². The van der Waals surface area contributed by atoms with Crippen molar-refractivity contribution in [1.82, 2.24) is 14.9 Å².